The highest BCUT2D eigenvalue weighted by molar-refractivity contribution is 7.98. The van der Waals surface area contributed by atoms with Gasteiger partial charge in [-0.05, 0) is 42.5 Å². The van der Waals surface area contributed by atoms with Gasteiger partial charge in [-0.15, -0.1) is 0 Å². The number of hydrogen-bond acceptors (Lipinski definition) is 7. The van der Waals surface area contributed by atoms with Crippen molar-refractivity contribution in [3.63, 3.8) is 0 Å². The van der Waals surface area contributed by atoms with Gasteiger partial charge in [-0.3, -0.25) is 4.79 Å². The first-order chi connectivity index (χ1) is 12.3. The van der Waals surface area contributed by atoms with E-state index in [4.69, 9.17) is 15.3 Å². The number of aromatic nitrogens is 1. The van der Waals surface area contributed by atoms with Gasteiger partial charge in [0.05, 0.1) is 10.9 Å². The van der Waals surface area contributed by atoms with Crippen molar-refractivity contribution in [3.05, 3.63) is 47.7 Å². The number of benzene rings is 1. The largest absolute Gasteiger partial charge is 0.446 e. The van der Waals surface area contributed by atoms with Crippen molar-refractivity contribution in [3.8, 4) is 0 Å². The Morgan fingerprint density at radius 1 is 1.35 bits per heavy atom. The highest BCUT2D eigenvalue weighted by Gasteiger charge is 2.16. The van der Waals surface area contributed by atoms with Crippen molar-refractivity contribution in [2.45, 2.75) is 23.8 Å². The average Bonchev–Trinajstić information content (AvgIpc) is 3.09. The Morgan fingerprint density at radius 2 is 2.04 bits per heavy atom. The molecule has 1 amide bonds. The van der Waals surface area contributed by atoms with Crippen LogP contribution in [0.15, 0.2) is 39.8 Å². The molecule has 8 nitrogen and oxygen atoms in total. The summed E-state index contributed by atoms with van der Waals surface area (Å²) in [5.41, 5.74) is 7.02. The molecule has 0 saturated heterocycles. The molecule has 1 heterocycles. The average molecular weight is 399 g/mol. The van der Waals surface area contributed by atoms with E-state index in [1.807, 2.05) is 6.26 Å². The molecule has 0 radical (unpaired) electrons. The summed E-state index contributed by atoms with van der Waals surface area (Å²) in [7, 11) is -3.70. The third-order valence-electron chi connectivity index (χ3n) is 3.66. The number of nitrogens with zero attached hydrogens (tertiary/aromatic N) is 1. The number of carbonyl (C=O) groups is 1. The quantitative estimate of drug-likeness (QED) is 0.573. The molecule has 0 fully saturated rings. The van der Waals surface area contributed by atoms with Crippen molar-refractivity contribution in [1.29, 1.82) is 0 Å². The molecule has 0 aliphatic rings. The van der Waals surface area contributed by atoms with Gasteiger partial charge in [0, 0.05) is 6.54 Å². The molecule has 0 aliphatic heterocycles. The number of primary sulfonamides is 1. The number of amides is 1. The van der Waals surface area contributed by atoms with Crippen LogP contribution in [0, 0.1) is 0 Å². The van der Waals surface area contributed by atoms with Crippen molar-refractivity contribution in [1.82, 2.24) is 10.3 Å². The second-order valence-corrected chi connectivity index (χ2v) is 8.20. The third-order valence-corrected chi connectivity index (χ3v) is 5.23. The minimum atomic E-state index is -3.70. The summed E-state index contributed by atoms with van der Waals surface area (Å²) in [5.74, 6) is 0.885. The summed E-state index contributed by atoms with van der Waals surface area (Å²) < 4.78 is 27.7. The molecule has 26 heavy (non-hydrogen) atoms. The number of carbonyl (C=O) groups excluding carboxylic acids is 1. The summed E-state index contributed by atoms with van der Waals surface area (Å²) in [6.45, 7) is 0.369. The fourth-order valence-electron chi connectivity index (χ4n) is 2.19. The number of thioether (sulfide) groups is 1. The summed E-state index contributed by atoms with van der Waals surface area (Å²) in [6.07, 6.45) is 4.54. The fourth-order valence-corrected chi connectivity index (χ4v) is 3.19. The lowest BCUT2D eigenvalue weighted by molar-refractivity contribution is 0.0949. The molecule has 142 valence electrons. The van der Waals surface area contributed by atoms with Gasteiger partial charge >= 0.3 is 0 Å². The molecule has 0 bridgehead atoms. The Bertz CT molecular complexity index is 834. The Morgan fingerprint density at radius 3 is 2.65 bits per heavy atom. The second kappa shape index (κ2) is 9.17. The van der Waals surface area contributed by atoms with Crippen LogP contribution in [0.4, 0.5) is 0 Å². The van der Waals surface area contributed by atoms with E-state index in [-0.39, 0.29) is 22.5 Å². The van der Waals surface area contributed by atoms with E-state index in [0.717, 1.165) is 17.7 Å². The fraction of sp³-hybridized carbons (Fsp3) is 0.375. The second-order valence-electron chi connectivity index (χ2n) is 5.65. The van der Waals surface area contributed by atoms with Gasteiger partial charge in [0.2, 0.25) is 15.9 Å². The topological polar surface area (TPSA) is 141 Å². The SMILES string of the molecule is CSCCC(N)c1nc(C(=O)NCCc2ccc(S(N)(=O)=O)cc2)co1. The molecule has 1 aromatic carbocycles. The monoisotopic (exact) mass is 398 g/mol. The number of oxazole rings is 1. The predicted molar refractivity (Wildman–Crippen MR) is 100 cm³/mol. The molecule has 5 N–H and O–H groups in total. The first-order valence-electron chi connectivity index (χ1n) is 7.91. The minimum absolute atomic E-state index is 0.0539. The van der Waals surface area contributed by atoms with E-state index in [0.29, 0.717) is 18.9 Å². The van der Waals surface area contributed by atoms with Crippen LogP contribution in [0.3, 0.4) is 0 Å². The molecule has 1 aromatic heterocycles. The van der Waals surface area contributed by atoms with Crippen molar-refractivity contribution >= 4 is 27.7 Å². The minimum Gasteiger partial charge on any atom is -0.446 e. The molecule has 2 rings (SSSR count). The zero-order valence-corrected chi connectivity index (χ0v) is 16.0. The van der Waals surface area contributed by atoms with Crippen molar-refractivity contribution < 1.29 is 17.6 Å². The molecular weight excluding hydrogens is 376 g/mol. The van der Waals surface area contributed by atoms with Crippen LogP contribution in [-0.4, -0.2) is 37.9 Å². The van der Waals surface area contributed by atoms with E-state index in [1.165, 1.54) is 18.4 Å². The van der Waals surface area contributed by atoms with E-state index in [2.05, 4.69) is 10.3 Å². The molecule has 2 aromatic rings. The van der Waals surface area contributed by atoms with E-state index < -0.39 is 10.0 Å². The number of hydrogen-bond donors (Lipinski definition) is 3. The Balaban J connectivity index is 1.84. The van der Waals surface area contributed by atoms with Crippen molar-refractivity contribution in [2.24, 2.45) is 10.9 Å². The molecule has 0 saturated carbocycles. The number of nitrogens with two attached hydrogens (primary N) is 2. The summed E-state index contributed by atoms with van der Waals surface area (Å²) >= 11 is 1.68. The van der Waals surface area contributed by atoms with Crippen LogP contribution in [0.5, 0.6) is 0 Å². The first kappa shape index (κ1) is 20.4. The van der Waals surface area contributed by atoms with Crippen LogP contribution < -0.4 is 16.2 Å². The lowest BCUT2D eigenvalue weighted by atomic mass is 10.1. The maximum absolute atomic E-state index is 12.1. The van der Waals surface area contributed by atoms with Gasteiger partial charge < -0.3 is 15.5 Å². The molecule has 0 aliphatic carbocycles. The Labute approximate surface area is 156 Å². The van der Waals surface area contributed by atoms with E-state index >= 15 is 0 Å². The lowest BCUT2D eigenvalue weighted by Crippen LogP contribution is -2.26. The highest BCUT2D eigenvalue weighted by Crippen LogP contribution is 2.15. The zero-order chi connectivity index (χ0) is 19.2. The van der Waals surface area contributed by atoms with Crippen LogP contribution in [0.1, 0.15) is 34.4 Å². The third kappa shape index (κ3) is 5.84. The normalized spacial score (nSPS) is 12.7. The maximum Gasteiger partial charge on any atom is 0.273 e. The number of nitrogens with one attached hydrogen (secondary N) is 1. The Kier molecular flexibility index (Phi) is 7.21. The number of rotatable bonds is 9. The first-order valence-corrected chi connectivity index (χ1v) is 10.8. The number of sulfonamides is 1. The van der Waals surface area contributed by atoms with Gasteiger partial charge in [-0.2, -0.15) is 11.8 Å². The highest BCUT2D eigenvalue weighted by atomic mass is 32.2. The van der Waals surface area contributed by atoms with Gasteiger partial charge in [0.25, 0.3) is 5.91 Å². The molecule has 0 spiro atoms. The smallest absolute Gasteiger partial charge is 0.273 e. The summed E-state index contributed by atoms with van der Waals surface area (Å²) in [5, 5.41) is 7.79. The molecule has 1 unspecified atom stereocenters. The zero-order valence-electron chi connectivity index (χ0n) is 14.3. The molecule has 10 heteroatoms. The summed E-state index contributed by atoms with van der Waals surface area (Å²) in [4.78, 5) is 16.3. The van der Waals surface area contributed by atoms with Gasteiger partial charge in [-0.1, -0.05) is 12.1 Å². The van der Waals surface area contributed by atoms with Gasteiger partial charge in [0.1, 0.15) is 6.26 Å². The van der Waals surface area contributed by atoms with Crippen LogP contribution in [0.25, 0.3) is 0 Å². The summed E-state index contributed by atoms with van der Waals surface area (Å²) in [6, 6.07) is 5.86. The van der Waals surface area contributed by atoms with E-state index in [9.17, 15) is 13.2 Å². The molecular formula is C16H22N4O4S2. The molecule has 1 atom stereocenters. The van der Waals surface area contributed by atoms with E-state index in [1.54, 1.807) is 23.9 Å². The standard InChI is InChI=1S/C16H22N4O4S2/c1-25-9-7-13(17)16-20-14(10-24-16)15(21)19-8-6-11-2-4-12(5-3-11)26(18,22)23/h2-5,10,13H,6-9,17H2,1H3,(H,19,21)(H2,18,22,23). The lowest BCUT2D eigenvalue weighted by Gasteiger charge is -2.05. The Hall–Kier alpha value is -1.88. The van der Waals surface area contributed by atoms with Crippen LogP contribution >= 0.6 is 11.8 Å². The maximum atomic E-state index is 12.1. The predicted octanol–water partition coefficient (Wildman–Crippen LogP) is 1.05. The van der Waals surface area contributed by atoms with Gasteiger partial charge in [0.15, 0.2) is 5.69 Å². The van der Waals surface area contributed by atoms with Gasteiger partial charge in [-0.25, -0.2) is 18.5 Å². The van der Waals surface area contributed by atoms with Crippen LogP contribution in [0.2, 0.25) is 0 Å². The van der Waals surface area contributed by atoms with Crippen molar-refractivity contribution in [2.75, 3.05) is 18.6 Å². The van der Waals surface area contributed by atoms with Crippen LogP contribution in [-0.2, 0) is 16.4 Å².